The number of anilines is 1. The molecule has 2 heterocycles. The molecule has 2 aromatic rings. The van der Waals surface area contributed by atoms with Crippen LogP contribution < -0.4 is 5.32 Å². The first-order chi connectivity index (χ1) is 8.83. The van der Waals surface area contributed by atoms with E-state index in [9.17, 15) is 4.39 Å². The lowest BCUT2D eigenvalue weighted by Crippen LogP contribution is -2.18. The number of pyridine rings is 1. The number of fused-ring (bicyclic) bond motifs is 1. The molecule has 1 N–H and O–H groups in total. The zero-order valence-electron chi connectivity index (χ0n) is 9.77. The van der Waals surface area contributed by atoms with E-state index in [0.717, 1.165) is 17.2 Å². The maximum atomic E-state index is 13.1. The van der Waals surface area contributed by atoms with Gasteiger partial charge in [-0.1, -0.05) is 24.3 Å². The summed E-state index contributed by atoms with van der Waals surface area (Å²) >= 11 is 1.89. The number of hydrogen-bond acceptors (Lipinski definition) is 3. The number of nitrogens with zero attached hydrogens (tertiary/aromatic N) is 1. The van der Waals surface area contributed by atoms with Crippen molar-refractivity contribution < 1.29 is 4.39 Å². The quantitative estimate of drug-likeness (QED) is 0.892. The van der Waals surface area contributed by atoms with Crippen LogP contribution in [-0.2, 0) is 5.75 Å². The number of thioether (sulfide) groups is 1. The second-order valence-electron chi connectivity index (χ2n) is 4.30. The highest BCUT2D eigenvalue weighted by molar-refractivity contribution is 7.98. The molecule has 0 aliphatic carbocycles. The maximum absolute atomic E-state index is 13.1. The predicted octanol–water partition coefficient (Wildman–Crippen LogP) is 3.62. The van der Waals surface area contributed by atoms with Crippen LogP contribution in [0.1, 0.15) is 17.2 Å². The number of halogens is 1. The average Bonchev–Trinajstić information content (AvgIpc) is 2.39. The van der Waals surface area contributed by atoms with Crippen molar-refractivity contribution >= 4 is 17.4 Å². The largest absolute Gasteiger partial charge is 0.376 e. The third-order valence-corrected chi connectivity index (χ3v) is 4.10. The van der Waals surface area contributed by atoms with Crippen LogP contribution in [0.2, 0.25) is 0 Å². The Hall–Kier alpha value is -1.55. The van der Waals surface area contributed by atoms with Gasteiger partial charge in [-0.05, 0) is 11.1 Å². The van der Waals surface area contributed by atoms with Crippen LogP contribution >= 0.6 is 11.8 Å². The highest BCUT2D eigenvalue weighted by Crippen LogP contribution is 2.33. The van der Waals surface area contributed by atoms with Gasteiger partial charge in [0, 0.05) is 17.6 Å². The third kappa shape index (κ3) is 2.34. The highest BCUT2D eigenvalue weighted by atomic mass is 32.2. The SMILES string of the molecule is Fc1cncc(NC2CSCc3ccccc32)c1. The van der Waals surface area contributed by atoms with Crippen molar-refractivity contribution in [2.45, 2.75) is 11.8 Å². The highest BCUT2D eigenvalue weighted by Gasteiger charge is 2.19. The zero-order valence-corrected chi connectivity index (χ0v) is 10.6. The first-order valence-electron chi connectivity index (χ1n) is 5.85. The van der Waals surface area contributed by atoms with Gasteiger partial charge in [0.05, 0.1) is 24.1 Å². The lowest BCUT2D eigenvalue weighted by molar-refractivity contribution is 0.621. The minimum atomic E-state index is -0.309. The Morgan fingerprint density at radius 1 is 1.28 bits per heavy atom. The topological polar surface area (TPSA) is 24.9 Å². The summed E-state index contributed by atoms with van der Waals surface area (Å²) in [5.74, 6) is 1.74. The minimum Gasteiger partial charge on any atom is -0.376 e. The fraction of sp³-hybridized carbons (Fsp3) is 0.214. The normalized spacial score (nSPS) is 18.2. The first kappa shape index (κ1) is 11.5. The Kier molecular flexibility index (Phi) is 3.19. The van der Waals surface area contributed by atoms with E-state index in [-0.39, 0.29) is 11.9 Å². The third-order valence-electron chi connectivity index (χ3n) is 3.02. The smallest absolute Gasteiger partial charge is 0.143 e. The van der Waals surface area contributed by atoms with Gasteiger partial charge in [0.2, 0.25) is 0 Å². The first-order valence-corrected chi connectivity index (χ1v) is 7.01. The van der Waals surface area contributed by atoms with E-state index in [1.807, 2.05) is 17.8 Å². The van der Waals surface area contributed by atoms with Gasteiger partial charge in [0.25, 0.3) is 0 Å². The number of rotatable bonds is 2. The lowest BCUT2D eigenvalue weighted by Gasteiger charge is -2.26. The molecule has 2 nitrogen and oxygen atoms in total. The molecule has 0 amide bonds. The molecule has 0 radical (unpaired) electrons. The fourth-order valence-corrected chi connectivity index (χ4v) is 3.29. The van der Waals surface area contributed by atoms with Gasteiger partial charge in [-0.2, -0.15) is 11.8 Å². The van der Waals surface area contributed by atoms with E-state index in [2.05, 4.69) is 28.5 Å². The molecule has 1 aliphatic heterocycles. The summed E-state index contributed by atoms with van der Waals surface area (Å²) in [5, 5.41) is 3.35. The number of nitrogens with one attached hydrogen (secondary N) is 1. The van der Waals surface area contributed by atoms with Crippen molar-refractivity contribution in [3.05, 3.63) is 59.7 Å². The van der Waals surface area contributed by atoms with Gasteiger partial charge >= 0.3 is 0 Å². The van der Waals surface area contributed by atoms with E-state index < -0.39 is 0 Å². The Labute approximate surface area is 110 Å². The monoisotopic (exact) mass is 260 g/mol. The molecule has 1 atom stereocenters. The molecule has 1 aromatic heterocycles. The molecule has 0 bridgehead atoms. The van der Waals surface area contributed by atoms with Crippen molar-refractivity contribution in [1.29, 1.82) is 0 Å². The number of aromatic nitrogens is 1. The Morgan fingerprint density at radius 2 is 2.17 bits per heavy atom. The van der Waals surface area contributed by atoms with Gasteiger partial charge in [-0.25, -0.2) is 4.39 Å². The Morgan fingerprint density at radius 3 is 3.06 bits per heavy atom. The molecule has 0 fully saturated rings. The van der Waals surface area contributed by atoms with Crippen LogP contribution in [-0.4, -0.2) is 10.7 Å². The van der Waals surface area contributed by atoms with Crippen LogP contribution in [0.15, 0.2) is 42.7 Å². The Balaban J connectivity index is 1.86. The van der Waals surface area contributed by atoms with E-state index in [0.29, 0.717) is 0 Å². The van der Waals surface area contributed by atoms with Crippen LogP contribution in [0.25, 0.3) is 0 Å². The van der Waals surface area contributed by atoms with Gasteiger partial charge < -0.3 is 5.32 Å². The van der Waals surface area contributed by atoms with Gasteiger partial charge in [0.1, 0.15) is 5.82 Å². The summed E-state index contributed by atoms with van der Waals surface area (Å²) < 4.78 is 13.1. The molecule has 4 heteroatoms. The van der Waals surface area contributed by atoms with Crippen LogP contribution in [0, 0.1) is 5.82 Å². The van der Waals surface area contributed by atoms with Crippen molar-refractivity contribution in [3.63, 3.8) is 0 Å². The van der Waals surface area contributed by atoms with Crippen molar-refractivity contribution in [3.8, 4) is 0 Å². The molecule has 18 heavy (non-hydrogen) atoms. The summed E-state index contributed by atoms with van der Waals surface area (Å²) in [6.07, 6.45) is 2.87. The summed E-state index contributed by atoms with van der Waals surface area (Å²) in [5.41, 5.74) is 3.40. The average molecular weight is 260 g/mol. The van der Waals surface area contributed by atoms with E-state index in [4.69, 9.17) is 0 Å². The van der Waals surface area contributed by atoms with E-state index >= 15 is 0 Å². The summed E-state index contributed by atoms with van der Waals surface area (Å²) in [7, 11) is 0. The molecule has 92 valence electrons. The van der Waals surface area contributed by atoms with Crippen molar-refractivity contribution in [1.82, 2.24) is 4.98 Å². The molecule has 0 saturated heterocycles. The van der Waals surface area contributed by atoms with E-state index in [1.165, 1.54) is 23.4 Å². The minimum absolute atomic E-state index is 0.226. The Bertz CT molecular complexity index is 559. The number of hydrogen-bond donors (Lipinski definition) is 1. The molecular formula is C14H13FN2S. The standard InChI is InChI=1S/C14H13FN2S/c15-11-5-12(7-16-6-11)17-14-9-18-8-10-3-1-2-4-13(10)14/h1-7,14,17H,8-9H2. The maximum Gasteiger partial charge on any atom is 0.143 e. The molecule has 0 spiro atoms. The summed E-state index contributed by atoms with van der Waals surface area (Å²) in [4.78, 5) is 3.86. The van der Waals surface area contributed by atoms with Crippen LogP contribution in [0.3, 0.4) is 0 Å². The van der Waals surface area contributed by atoms with Crippen LogP contribution in [0.5, 0.6) is 0 Å². The predicted molar refractivity (Wildman–Crippen MR) is 73.2 cm³/mol. The second kappa shape index (κ2) is 4.98. The van der Waals surface area contributed by atoms with Crippen LogP contribution in [0.4, 0.5) is 10.1 Å². The zero-order chi connectivity index (χ0) is 12.4. The number of benzene rings is 1. The fourth-order valence-electron chi connectivity index (χ4n) is 2.19. The van der Waals surface area contributed by atoms with Crippen molar-refractivity contribution in [2.24, 2.45) is 0 Å². The summed E-state index contributed by atoms with van der Waals surface area (Å²) in [6, 6.07) is 10.1. The molecule has 1 aliphatic rings. The molecule has 3 rings (SSSR count). The second-order valence-corrected chi connectivity index (χ2v) is 5.33. The van der Waals surface area contributed by atoms with Crippen molar-refractivity contribution in [2.75, 3.05) is 11.1 Å². The van der Waals surface area contributed by atoms with Gasteiger partial charge in [-0.15, -0.1) is 0 Å². The molecule has 1 aromatic carbocycles. The molecule has 0 saturated carbocycles. The summed E-state index contributed by atoms with van der Waals surface area (Å²) in [6.45, 7) is 0. The van der Waals surface area contributed by atoms with E-state index in [1.54, 1.807) is 6.20 Å². The lowest BCUT2D eigenvalue weighted by atomic mass is 10.0. The van der Waals surface area contributed by atoms with Gasteiger partial charge in [-0.3, -0.25) is 4.98 Å². The van der Waals surface area contributed by atoms with Gasteiger partial charge in [0.15, 0.2) is 0 Å². The molecule has 1 unspecified atom stereocenters. The molecular weight excluding hydrogens is 247 g/mol.